The van der Waals surface area contributed by atoms with Crippen molar-refractivity contribution in [1.82, 2.24) is 4.98 Å². The molecule has 1 aromatic rings. The number of rotatable bonds is 2. The van der Waals surface area contributed by atoms with Gasteiger partial charge in [0.25, 0.3) is 0 Å². The summed E-state index contributed by atoms with van der Waals surface area (Å²) in [5, 5.41) is 3.49. The lowest BCUT2D eigenvalue weighted by Gasteiger charge is -2.45. The second kappa shape index (κ2) is 5.86. The van der Waals surface area contributed by atoms with E-state index in [1.165, 1.54) is 50.9 Å². The quantitative estimate of drug-likeness (QED) is 0.871. The van der Waals surface area contributed by atoms with Gasteiger partial charge in [-0.05, 0) is 64.5 Å². The second-order valence-electron chi connectivity index (χ2n) is 7.70. The van der Waals surface area contributed by atoms with Gasteiger partial charge in [0.15, 0.2) is 0 Å². The molecule has 116 valence electrons. The van der Waals surface area contributed by atoms with E-state index in [-0.39, 0.29) is 5.54 Å². The zero-order chi connectivity index (χ0) is 14.9. The Hall–Kier alpha value is -1.25. The molecule has 2 atom stereocenters. The van der Waals surface area contributed by atoms with Gasteiger partial charge in [-0.2, -0.15) is 0 Å². The predicted octanol–water partition coefficient (Wildman–Crippen LogP) is 4.45. The van der Waals surface area contributed by atoms with Gasteiger partial charge in [-0.1, -0.05) is 18.9 Å². The van der Waals surface area contributed by atoms with E-state index in [1.807, 2.05) is 0 Å². The first-order valence-electron chi connectivity index (χ1n) is 8.55. The summed E-state index contributed by atoms with van der Waals surface area (Å²) < 4.78 is 0. The minimum atomic E-state index is 0.0564. The fourth-order valence-electron chi connectivity index (χ4n) is 3.95. The summed E-state index contributed by atoms with van der Waals surface area (Å²) >= 11 is 0. The van der Waals surface area contributed by atoms with Crippen molar-refractivity contribution in [3.63, 3.8) is 0 Å². The topological polar surface area (TPSA) is 28.2 Å². The van der Waals surface area contributed by atoms with Crippen molar-refractivity contribution in [1.29, 1.82) is 0 Å². The molecule has 1 N–H and O–H groups in total. The number of piperidine rings is 1. The normalized spacial score (nSPS) is 26.3. The Morgan fingerprint density at radius 3 is 2.67 bits per heavy atom. The molecular formula is C18H29N3. The third kappa shape index (κ3) is 3.50. The zero-order valence-corrected chi connectivity index (χ0v) is 13.7. The molecule has 2 heterocycles. The molecule has 1 saturated carbocycles. The monoisotopic (exact) mass is 287 g/mol. The van der Waals surface area contributed by atoms with Gasteiger partial charge in [-0.3, -0.25) is 0 Å². The second-order valence-corrected chi connectivity index (χ2v) is 7.70. The Labute approximate surface area is 129 Å². The molecule has 3 rings (SSSR count). The first-order valence-corrected chi connectivity index (χ1v) is 8.55. The first-order chi connectivity index (χ1) is 10.0. The molecule has 0 aromatic carbocycles. The average molecular weight is 287 g/mol. The Morgan fingerprint density at radius 1 is 1.10 bits per heavy atom. The number of pyridine rings is 1. The smallest absolute Gasteiger partial charge is 0.131 e. The Kier molecular flexibility index (Phi) is 4.10. The lowest BCUT2D eigenvalue weighted by Crippen LogP contribution is -2.47. The van der Waals surface area contributed by atoms with Gasteiger partial charge in [0.2, 0.25) is 0 Å². The maximum Gasteiger partial charge on any atom is 0.131 e. The molecule has 2 aliphatic rings. The highest BCUT2D eigenvalue weighted by atomic mass is 15.2. The maximum absolute atomic E-state index is 4.89. The van der Waals surface area contributed by atoms with Crippen LogP contribution in [0.15, 0.2) is 18.2 Å². The minimum Gasteiger partial charge on any atom is -0.365 e. The molecule has 3 nitrogen and oxygen atoms in total. The van der Waals surface area contributed by atoms with Gasteiger partial charge in [-0.15, -0.1) is 0 Å². The SMILES string of the molecule is CC(C)(C)Nc1cccc(N2CCC[C@H]3CCCC[C@H]32)n1. The number of nitrogens with zero attached hydrogens (tertiary/aromatic N) is 2. The summed E-state index contributed by atoms with van der Waals surface area (Å²) in [6.45, 7) is 7.71. The van der Waals surface area contributed by atoms with Gasteiger partial charge >= 0.3 is 0 Å². The highest BCUT2D eigenvalue weighted by Crippen LogP contribution is 2.37. The number of aromatic nitrogens is 1. The summed E-state index contributed by atoms with van der Waals surface area (Å²) in [5.41, 5.74) is 0.0564. The van der Waals surface area contributed by atoms with Gasteiger partial charge in [0.1, 0.15) is 11.6 Å². The average Bonchev–Trinajstić information content (AvgIpc) is 2.45. The zero-order valence-electron chi connectivity index (χ0n) is 13.7. The molecule has 0 amide bonds. The third-order valence-corrected chi connectivity index (χ3v) is 4.77. The molecule has 0 radical (unpaired) electrons. The van der Waals surface area contributed by atoms with E-state index < -0.39 is 0 Å². The summed E-state index contributed by atoms with van der Waals surface area (Å²) in [6.07, 6.45) is 8.32. The van der Waals surface area contributed by atoms with Crippen LogP contribution in [0.2, 0.25) is 0 Å². The van der Waals surface area contributed by atoms with Crippen LogP contribution < -0.4 is 10.2 Å². The fourth-order valence-corrected chi connectivity index (χ4v) is 3.95. The summed E-state index contributed by atoms with van der Waals surface area (Å²) in [6, 6.07) is 7.13. The van der Waals surface area contributed by atoms with Crippen molar-refractivity contribution in [2.45, 2.75) is 70.9 Å². The van der Waals surface area contributed by atoms with E-state index in [0.29, 0.717) is 0 Å². The van der Waals surface area contributed by atoms with Crippen molar-refractivity contribution >= 4 is 11.6 Å². The third-order valence-electron chi connectivity index (χ3n) is 4.77. The van der Waals surface area contributed by atoms with E-state index >= 15 is 0 Å². The van der Waals surface area contributed by atoms with Crippen LogP contribution in [0.1, 0.15) is 59.3 Å². The van der Waals surface area contributed by atoms with Gasteiger partial charge in [-0.25, -0.2) is 4.98 Å². The van der Waals surface area contributed by atoms with Crippen LogP contribution in [0, 0.1) is 5.92 Å². The van der Waals surface area contributed by atoms with Crippen molar-refractivity contribution in [3.05, 3.63) is 18.2 Å². The van der Waals surface area contributed by atoms with Gasteiger partial charge < -0.3 is 10.2 Å². The Morgan fingerprint density at radius 2 is 1.86 bits per heavy atom. The number of anilines is 2. The minimum absolute atomic E-state index is 0.0564. The molecule has 1 saturated heterocycles. The van der Waals surface area contributed by atoms with Gasteiger partial charge in [0.05, 0.1) is 0 Å². The highest BCUT2D eigenvalue weighted by Gasteiger charge is 2.33. The number of fused-ring (bicyclic) bond motifs is 1. The van der Waals surface area contributed by atoms with Crippen LogP contribution in [0.4, 0.5) is 11.6 Å². The van der Waals surface area contributed by atoms with Crippen molar-refractivity contribution in [2.24, 2.45) is 5.92 Å². The standard InChI is InChI=1S/C18H29N3/c1-18(2,3)20-16-11-6-12-17(19-16)21-13-7-9-14-8-4-5-10-15(14)21/h6,11-12,14-15H,4-5,7-10,13H2,1-3H3,(H,19,20)/t14-,15-/m1/s1. The van der Waals surface area contributed by atoms with Gasteiger partial charge in [0, 0.05) is 18.1 Å². The highest BCUT2D eigenvalue weighted by molar-refractivity contribution is 5.49. The van der Waals surface area contributed by atoms with Crippen LogP contribution >= 0.6 is 0 Å². The van der Waals surface area contributed by atoms with Crippen LogP contribution in [-0.4, -0.2) is 23.1 Å². The van der Waals surface area contributed by atoms with Crippen LogP contribution in [-0.2, 0) is 0 Å². The van der Waals surface area contributed by atoms with E-state index in [9.17, 15) is 0 Å². The van der Waals surface area contributed by atoms with Crippen LogP contribution in [0.3, 0.4) is 0 Å². The van der Waals surface area contributed by atoms with E-state index in [1.54, 1.807) is 0 Å². The lowest BCUT2D eigenvalue weighted by atomic mass is 9.78. The molecular weight excluding hydrogens is 258 g/mol. The molecule has 1 aromatic heterocycles. The van der Waals surface area contributed by atoms with Crippen molar-refractivity contribution < 1.29 is 0 Å². The number of nitrogens with one attached hydrogen (secondary N) is 1. The summed E-state index contributed by atoms with van der Waals surface area (Å²) in [4.78, 5) is 7.47. The molecule has 3 heteroatoms. The first kappa shape index (κ1) is 14.7. The predicted molar refractivity (Wildman–Crippen MR) is 89.9 cm³/mol. The summed E-state index contributed by atoms with van der Waals surface area (Å²) in [5.74, 6) is 3.06. The number of hydrogen-bond acceptors (Lipinski definition) is 3. The molecule has 21 heavy (non-hydrogen) atoms. The Balaban J connectivity index is 1.80. The number of hydrogen-bond donors (Lipinski definition) is 1. The van der Waals surface area contributed by atoms with Crippen LogP contribution in [0.5, 0.6) is 0 Å². The van der Waals surface area contributed by atoms with E-state index in [0.717, 1.165) is 17.8 Å². The molecule has 1 aliphatic heterocycles. The molecule has 2 fully saturated rings. The van der Waals surface area contributed by atoms with Crippen molar-refractivity contribution in [2.75, 3.05) is 16.8 Å². The van der Waals surface area contributed by atoms with Crippen LogP contribution in [0.25, 0.3) is 0 Å². The molecule has 0 bridgehead atoms. The molecule has 0 unspecified atom stereocenters. The molecule has 0 spiro atoms. The molecule has 1 aliphatic carbocycles. The van der Waals surface area contributed by atoms with Crippen molar-refractivity contribution in [3.8, 4) is 0 Å². The lowest BCUT2D eigenvalue weighted by molar-refractivity contribution is 0.243. The maximum atomic E-state index is 4.89. The van der Waals surface area contributed by atoms with E-state index in [4.69, 9.17) is 4.98 Å². The summed E-state index contributed by atoms with van der Waals surface area (Å²) in [7, 11) is 0. The Bertz CT molecular complexity index is 476. The fraction of sp³-hybridized carbons (Fsp3) is 0.722. The van der Waals surface area contributed by atoms with E-state index in [2.05, 4.69) is 49.2 Å². The largest absolute Gasteiger partial charge is 0.365 e.